The lowest BCUT2D eigenvalue weighted by Crippen LogP contribution is -2.47. The van der Waals surface area contributed by atoms with Crippen LogP contribution in [-0.2, 0) is 28.2 Å². The van der Waals surface area contributed by atoms with Crippen molar-refractivity contribution in [3.8, 4) is 0 Å². The van der Waals surface area contributed by atoms with E-state index in [1.54, 1.807) is 0 Å². The van der Waals surface area contributed by atoms with Gasteiger partial charge in [-0.15, -0.1) is 0 Å². The molecule has 4 rings (SSSR count). The Hall–Kier alpha value is -3.97. The fourth-order valence-corrected chi connectivity index (χ4v) is 3.98. The fourth-order valence-electron chi connectivity index (χ4n) is 3.98. The Morgan fingerprint density at radius 2 is 0.879 bits per heavy atom. The molecular formula is C19H14F5N5O4. The minimum Gasteiger partial charge on any atom is -0.327 e. The van der Waals surface area contributed by atoms with E-state index < -0.39 is 74.2 Å². The highest BCUT2D eigenvalue weighted by atomic mass is 19.2. The summed E-state index contributed by atoms with van der Waals surface area (Å²) in [6, 6.07) is 0. The molecule has 3 heterocycles. The molecule has 0 unspecified atom stereocenters. The number of fused-ring (bicyclic) bond motifs is 2. The first-order valence-corrected chi connectivity index (χ1v) is 9.21. The second kappa shape index (κ2) is 7.02. The summed E-state index contributed by atoms with van der Waals surface area (Å²) in [4.78, 5) is 50.8. The van der Waals surface area contributed by atoms with E-state index in [-0.39, 0.29) is 11.6 Å². The largest absolute Gasteiger partial charge is 0.332 e. The number of nitrogens with zero attached hydrogens (tertiary/aromatic N) is 4. The van der Waals surface area contributed by atoms with Crippen molar-refractivity contribution in [2.45, 2.75) is 5.92 Å². The Balaban J connectivity index is 2.33. The molecule has 33 heavy (non-hydrogen) atoms. The van der Waals surface area contributed by atoms with Gasteiger partial charge in [-0.1, -0.05) is 0 Å². The molecule has 0 fully saturated rings. The Bertz CT molecular complexity index is 1520. The van der Waals surface area contributed by atoms with Crippen molar-refractivity contribution in [3.05, 3.63) is 87.5 Å². The van der Waals surface area contributed by atoms with Gasteiger partial charge >= 0.3 is 11.4 Å². The molecule has 0 spiro atoms. The third-order valence-corrected chi connectivity index (χ3v) is 5.75. The van der Waals surface area contributed by atoms with E-state index in [9.17, 15) is 41.1 Å². The predicted octanol–water partition coefficient (Wildman–Crippen LogP) is 0.414. The van der Waals surface area contributed by atoms with Crippen molar-refractivity contribution in [1.82, 2.24) is 18.3 Å². The third-order valence-electron chi connectivity index (χ3n) is 5.75. The first-order chi connectivity index (χ1) is 15.3. The number of halogens is 5. The van der Waals surface area contributed by atoms with Crippen LogP contribution in [-0.4, -0.2) is 18.3 Å². The standard InChI is InChI=1S/C19H14F5N5O4/c1-26-14-7(16(30)28(3)18(26)32)5(6-9(20)11(22)13(24)12(23)10(6)21)8-15(25-14)27(2)19(33)29(4)17(8)31/h5,25H,1-4H3. The quantitative estimate of drug-likeness (QED) is 0.246. The number of nitrogens with one attached hydrogen (secondary N) is 1. The topological polar surface area (TPSA) is 100 Å². The van der Waals surface area contributed by atoms with Crippen LogP contribution in [0.3, 0.4) is 0 Å². The summed E-state index contributed by atoms with van der Waals surface area (Å²) in [6.07, 6.45) is 0. The molecule has 1 aliphatic heterocycles. The average Bonchev–Trinajstić information content (AvgIpc) is 2.80. The normalized spacial score (nSPS) is 13.0. The van der Waals surface area contributed by atoms with E-state index in [0.29, 0.717) is 9.13 Å². The van der Waals surface area contributed by atoms with Crippen molar-refractivity contribution in [2.24, 2.45) is 28.2 Å². The fraction of sp³-hybridized carbons (Fsp3) is 0.263. The smallest absolute Gasteiger partial charge is 0.327 e. The van der Waals surface area contributed by atoms with Gasteiger partial charge in [-0.3, -0.25) is 27.9 Å². The Labute approximate surface area is 179 Å². The molecule has 2 aromatic heterocycles. The average molecular weight is 471 g/mol. The molecule has 1 aliphatic rings. The molecule has 0 radical (unpaired) electrons. The zero-order valence-corrected chi connectivity index (χ0v) is 17.4. The molecule has 0 amide bonds. The first-order valence-electron chi connectivity index (χ1n) is 9.21. The van der Waals surface area contributed by atoms with Crippen LogP contribution in [0.1, 0.15) is 22.6 Å². The highest BCUT2D eigenvalue weighted by Crippen LogP contribution is 2.43. The second-order valence-corrected chi connectivity index (χ2v) is 7.48. The SMILES string of the molecule is Cn1c2c(c(=O)n(C)c1=O)C(c1c(F)c(F)c(F)c(F)c1F)c1c(n(C)c(=O)n(C)c1=O)N2. The summed E-state index contributed by atoms with van der Waals surface area (Å²) in [5.41, 5.74) is -6.77. The van der Waals surface area contributed by atoms with Crippen molar-refractivity contribution in [2.75, 3.05) is 5.32 Å². The minimum atomic E-state index is -2.43. The van der Waals surface area contributed by atoms with Gasteiger partial charge in [0.2, 0.25) is 5.82 Å². The van der Waals surface area contributed by atoms with Crippen molar-refractivity contribution < 1.29 is 22.0 Å². The zero-order chi connectivity index (χ0) is 24.7. The number of hydrogen-bond donors (Lipinski definition) is 1. The summed E-state index contributed by atoms with van der Waals surface area (Å²) in [6.45, 7) is 0. The number of benzene rings is 1. The maximum Gasteiger partial charge on any atom is 0.332 e. The van der Waals surface area contributed by atoms with Crippen LogP contribution in [0.15, 0.2) is 19.2 Å². The minimum absolute atomic E-state index is 0.382. The van der Waals surface area contributed by atoms with Gasteiger partial charge in [0.15, 0.2) is 23.3 Å². The lowest BCUT2D eigenvalue weighted by Gasteiger charge is -2.31. The van der Waals surface area contributed by atoms with Crippen LogP contribution in [0.2, 0.25) is 0 Å². The highest BCUT2D eigenvalue weighted by Gasteiger charge is 2.42. The zero-order valence-electron chi connectivity index (χ0n) is 17.4. The van der Waals surface area contributed by atoms with Crippen molar-refractivity contribution >= 4 is 11.6 Å². The predicted molar refractivity (Wildman–Crippen MR) is 104 cm³/mol. The number of aromatic nitrogens is 4. The number of anilines is 2. The molecule has 174 valence electrons. The lowest BCUT2D eigenvalue weighted by molar-refractivity contribution is 0.368. The maximum atomic E-state index is 14.9. The van der Waals surface area contributed by atoms with Crippen LogP contribution in [0, 0.1) is 29.1 Å². The molecule has 1 N–H and O–H groups in total. The molecule has 0 saturated heterocycles. The van der Waals surface area contributed by atoms with E-state index >= 15 is 0 Å². The molecule has 9 nitrogen and oxygen atoms in total. The van der Waals surface area contributed by atoms with E-state index in [0.717, 1.165) is 23.2 Å². The molecule has 0 saturated carbocycles. The van der Waals surface area contributed by atoms with Crippen molar-refractivity contribution in [1.29, 1.82) is 0 Å². The maximum absolute atomic E-state index is 14.9. The van der Waals surface area contributed by atoms with Crippen LogP contribution in [0.5, 0.6) is 0 Å². The van der Waals surface area contributed by atoms with E-state index in [4.69, 9.17) is 0 Å². The Morgan fingerprint density at radius 3 is 1.24 bits per heavy atom. The summed E-state index contributed by atoms with van der Waals surface area (Å²) in [5.74, 6) is -14.4. The van der Waals surface area contributed by atoms with E-state index in [1.807, 2.05) is 0 Å². The van der Waals surface area contributed by atoms with E-state index in [1.165, 1.54) is 14.1 Å². The Kier molecular flexibility index (Phi) is 4.73. The van der Waals surface area contributed by atoms with E-state index in [2.05, 4.69) is 5.32 Å². The van der Waals surface area contributed by atoms with Crippen LogP contribution >= 0.6 is 0 Å². The second-order valence-electron chi connectivity index (χ2n) is 7.48. The number of rotatable bonds is 1. The molecule has 0 aliphatic carbocycles. The van der Waals surface area contributed by atoms with Crippen LogP contribution in [0.25, 0.3) is 0 Å². The van der Waals surface area contributed by atoms with Gasteiger partial charge in [-0.05, 0) is 0 Å². The molecule has 3 aromatic rings. The van der Waals surface area contributed by atoms with Gasteiger partial charge in [0.1, 0.15) is 11.6 Å². The lowest BCUT2D eigenvalue weighted by atomic mass is 9.83. The molecule has 0 bridgehead atoms. The van der Waals surface area contributed by atoms with Gasteiger partial charge in [-0.2, -0.15) is 0 Å². The van der Waals surface area contributed by atoms with Gasteiger partial charge in [-0.25, -0.2) is 31.5 Å². The summed E-state index contributed by atoms with van der Waals surface area (Å²) in [5, 5.41) is 2.57. The molecule has 0 atom stereocenters. The summed E-state index contributed by atoms with van der Waals surface area (Å²) in [7, 11) is 4.42. The number of hydrogen-bond acceptors (Lipinski definition) is 5. The van der Waals surface area contributed by atoms with Gasteiger partial charge in [0.25, 0.3) is 11.1 Å². The summed E-state index contributed by atoms with van der Waals surface area (Å²) >= 11 is 0. The van der Waals surface area contributed by atoms with Crippen molar-refractivity contribution in [3.63, 3.8) is 0 Å². The van der Waals surface area contributed by atoms with Crippen LogP contribution < -0.4 is 27.8 Å². The van der Waals surface area contributed by atoms with Crippen LogP contribution in [0.4, 0.5) is 33.6 Å². The Morgan fingerprint density at radius 1 is 0.545 bits per heavy atom. The molecule has 14 heteroatoms. The highest BCUT2D eigenvalue weighted by molar-refractivity contribution is 5.70. The first kappa shape index (κ1) is 22.2. The third kappa shape index (κ3) is 2.69. The summed E-state index contributed by atoms with van der Waals surface area (Å²) < 4.78 is 74.5. The molecular weight excluding hydrogens is 457 g/mol. The van der Waals surface area contributed by atoms with Gasteiger partial charge in [0, 0.05) is 33.8 Å². The molecule has 1 aromatic carbocycles. The van der Waals surface area contributed by atoms with Gasteiger partial charge < -0.3 is 5.32 Å². The van der Waals surface area contributed by atoms with Gasteiger partial charge in [0.05, 0.1) is 17.0 Å². The monoisotopic (exact) mass is 471 g/mol.